The molecule has 2 aromatic heterocycles. The number of hydrogen-bond acceptors (Lipinski definition) is 4. The van der Waals surface area contributed by atoms with Crippen molar-refractivity contribution in [1.29, 1.82) is 0 Å². The van der Waals surface area contributed by atoms with E-state index >= 15 is 0 Å². The molecule has 0 atom stereocenters. The third kappa shape index (κ3) is 3.76. The van der Waals surface area contributed by atoms with Gasteiger partial charge in [0.15, 0.2) is 0 Å². The lowest BCUT2D eigenvalue weighted by Gasteiger charge is -2.27. The fourth-order valence-corrected chi connectivity index (χ4v) is 2.97. The Labute approximate surface area is 138 Å². The van der Waals surface area contributed by atoms with Gasteiger partial charge in [0.25, 0.3) is 0 Å². The maximum atomic E-state index is 13.9. The lowest BCUT2D eigenvalue weighted by atomic mass is 9.92. The third-order valence-corrected chi connectivity index (χ3v) is 4.35. The van der Waals surface area contributed by atoms with E-state index in [0.717, 1.165) is 37.8 Å². The maximum Gasteiger partial charge on any atom is 0.213 e. The first-order chi connectivity index (χ1) is 11.0. The summed E-state index contributed by atoms with van der Waals surface area (Å²) in [6.07, 6.45) is 5.23. The van der Waals surface area contributed by atoms with Crippen LogP contribution in [0, 0.1) is 11.8 Å². The van der Waals surface area contributed by atoms with E-state index in [-0.39, 0.29) is 22.8 Å². The van der Waals surface area contributed by atoms with Crippen LogP contribution in [0.1, 0.15) is 25.7 Å². The monoisotopic (exact) mass is 338 g/mol. The molecule has 0 saturated heterocycles. The normalized spacial score (nSPS) is 21.2. The number of nitrogens with one attached hydrogen (secondary N) is 1. The molecule has 0 bridgehead atoms. The zero-order valence-corrected chi connectivity index (χ0v) is 13.2. The van der Waals surface area contributed by atoms with Crippen molar-refractivity contribution in [3.63, 3.8) is 0 Å². The minimum Gasteiger partial charge on any atom is -0.367 e. The molecule has 1 aliphatic rings. The molecule has 2 aromatic rings. The Morgan fingerprint density at radius 3 is 2.65 bits per heavy atom. The first-order valence-electron chi connectivity index (χ1n) is 7.53. The molecule has 122 valence electrons. The van der Waals surface area contributed by atoms with Gasteiger partial charge in [0, 0.05) is 23.8 Å². The molecule has 0 amide bonds. The van der Waals surface area contributed by atoms with Crippen LogP contribution in [0.25, 0.3) is 11.3 Å². The van der Waals surface area contributed by atoms with Crippen molar-refractivity contribution in [3.8, 4) is 11.3 Å². The van der Waals surface area contributed by atoms with Gasteiger partial charge in [-0.2, -0.15) is 4.39 Å². The Balaban J connectivity index is 1.86. The first-order valence-corrected chi connectivity index (χ1v) is 7.91. The van der Waals surface area contributed by atoms with Crippen LogP contribution in [0.15, 0.2) is 24.4 Å². The highest BCUT2D eigenvalue weighted by atomic mass is 35.5. The Hall–Kier alpha value is -1.79. The third-order valence-electron chi connectivity index (χ3n) is 4.05. The van der Waals surface area contributed by atoms with Crippen LogP contribution < -0.4 is 11.1 Å². The van der Waals surface area contributed by atoms with Gasteiger partial charge in [0.2, 0.25) is 5.95 Å². The Morgan fingerprint density at radius 1 is 1.17 bits per heavy atom. The van der Waals surface area contributed by atoms with E-state index in [4.69, 9.17) is 17.3 Å². The molecular weight excluding hydrogens is 322 g/mol. The van der Waals surface area contributed by atoms with Crippen molar-refractivity contribution in [2.75, 3.05) is 5.32 Å². The molecule has 0 spiro atoms. The van der Waals surface area contributed by atoms with E-state index in [1.165, 1.54) is 6.20 Å². The van der Waals surface area contributed by atoms with E-state index in [1.54, 1.807) is 6.07 Å². The van der Waals surface area contributed by atoms with Crippen molar-refractivity contribution in [2.24, 2.45) is 5.73 Å². The fraction of sp³-hybridized carbons (Fsp3) is 0.375. The molecule has 4 nitrogen and oxygen atoms in total. The fourth-order valence-electron chi connectivity index (χ4n) is 2.78. The quantitative estimate of drug-likeness (QED) is 0.836. The molecule has 3 rings (SSSR count). The number of nitrogens with two attached hydrogens (primary N) is 1. The molecule has 3 N–H and O–H groups in total. The molecule has 7 heteroatoms. The largest absolute Gasteiger partial charge is 0.367 e. The number of pyridine rings is 2. The van der Waals surface area contributed by atoms with E-state index in [1.807, 2.05) is 0 Å². The van der Waals surface area contributed by atoms with Crippen LogP contribution in [0.2, 0.25) is 5.02 Å². The topological polar surface area (TPSA) is 63.8 Å². The zero-order chi connectivity index (χ0) is 16.4. The molecule has 1 saturated carbocycles. The lowest BCUT2D eigenvalue weighted by Crippen LogP contribution is -2.33. The zero-order valence-electron chi connectivity index (χ0n) is 12.4. The SMILES string of the molecule is NC1CCC(Nc2cc(-c3nc(F)ccc3F)c(Cl)cn2)CC1. The van der Waals surface area contributed by atoms with Crippen LogP contribution >= 0.6 is 11.6 Å². The number of halogens is 3. The summed E-state index contributed by atoms with van der Waals surface area (Å²) >= 11 is 6.08. The second-order valence-electron chi connectivity index (χ2n) is 5.77. The summed E-state index contributed by atoms with van der Waals surface area (Å²) in [5.41, 5.74) is 6.09. The van der Waals surface area contributed by atoms with Gasteiger partial charge < -0.3 is 11.1 Å². The molecular formula is C16H17ClF2N4. The lowest BCUT2D eigenvalue weighted by molar-refractivity contribution is 0.410. The van der Waals surface area contributed by atoms with E-state index in [9.17, 15) is 8.78 Å². The minimum atomic E-state index is -0.759. The average Bonchev–Trinajstić information content (AvgIpc) is 2.54. The number of nitrogens with zero attached hydrogens (tertiary/aromatic N) is 2. The Morgan fingerprint density at radius 2 is 1.91 bits per heavy atom. The van der Waals surface area contributed by atoms with Crippen LogP contribution in [-0.2, 0) is 0 Å². The highest BCUT2D eigenvalue weighted by Crippen LogP contribution is 2.30. The second-order valence-corrected chi connectivity index (χ2v) is 6.18. The van der Waals surface area contributed by atoms with E-state index in [2.05, 4.69) is 15.3 Å². The molecule has 23 heavy (non-hydrogen) atoms. The summed E-state index contributed by atoms with van der Waals surface area (Å²) in [7, 11) is 0. The van der Waals surface area contributed by atoms with Gasteiger partial charge in [0.05, 0.1) is 5.02 Å². The standard InChI is InChI=1S/C16H17ClF2N4/c17-12-8-21-15(22-10-3-1-9(20)2-4-10)7-11(12)16-13(18)5-6-14(19)23-16/h5-10H,1-4,20H2,(H,21,22). The van der Waals surface area contributed by atoms with Crippen molar-refractivity contribution in [1.82, 2.24) is 9.97 Å². The Bertz CT molecular complexity index is 702. The van der Waals surface area contributed by atoms with E-state index in [0.29, 0.717) is 11.4 Å². The summed E-state index contributed by atoms with van der Waals surface area (Å²) in [4.78, 5) is 7.81. The number of rotatable bonds is 3. The summed E-state index contributed by atoms with van der Waals surface area (Å²) in [5.74, 6) is -0.825. The summed E-state index contributed by atoms with van der Waals surface area (Å²) < 4.78 is 27.2. The maximum absolute atomic E-state index is 13.9. The highest BCUT2D eigenvalue weighted by Gasteiger charge is 2.19. The molecule has 2 heterocycles. The molecule has 1 aliphatic carbocycles. The van der Waals surface area contributed by atoms with Gasteiger partial charge in [-0.3, -0.25) is 0 Å². The van der Waals surface area contributed by atoms with Gasteiger partial charge >= 0.3 is 0 Å². The van der Waals surface area contributed by atoms with Crippen LogP contribution in [0.4, 0.5) is 14.6 Å². The van der Waals surface area contributed by atoms with Crippen molar-refractivity contribution in [2.45, 2.75) is 37.8 Å². The average molecular weight is 339 g/mol. The molecule has 0 unspecified atom stereocenters. The molecule has 0 aromatic carbocycles. The Kier molecular flexibility index (Phi) is 4.73. The van der Waals surface area contributed by atoms with Crippen molar-refractivity contribution in [3.05, 3.63) is 41.2 Å². The number of aromatic nitrogens is 2. The smallest absolute Gasteiger partial charge is 0.213 e. The van der Waals surface area contributed by atoms with Crippen molar-refractivity contribution < 1.29 is 8.78 Å². The summed E-state index contributed by atoms with van der Waals surface area (Å²) in [6.45, 7) is 0. The number of anilines is 1. The van der Waals surface area contributed by atoms with E-state index < -0.39 is 11.8 Å². The highest BCUT2D eigenvalue weighted by molar-refractivity contribution is 6.33. The molecule has 0 radical (unpaired) electrons. The summed E-state index contributed by atoms with van der Waals surface area (Å²) in [6, 6.07) is 4.12. The van der Waals surface area contributed by atoms with Gasteiger partial charge in [0.1, 0.15) is 17.3 Å². The second kappa shape index (κ2) is 6.76. The van der Waals surface area contributed by atoms with Gasteiger partial charge in [-0.1, -0.05) is 11.6 Å². The van der Waals surface area contributed by atoms with Crippen LogP contribution in [0.3, 0.4) is 0 Å². The van der Waals surface area contributed by atoms with Crippen LogP contribution in [0.5, 0.6) is 0 Å². The van der Waals surface area contributed by atoms with Gasteiger partial charge in [-0.15, -0.1) is 0 Å². The molecule has 1 fully saturated rings. The minimum absolute atomic E-state index is 0.119. The van der Waals surface area contributed by atoms with Gasteiger partial charge in [-0.25, -0.2) is 14.4 Å². The predicted molar refractivity (Wildman–Crippen MR) is 86.2 cm³/mol. The molecule has 0 aliphatic heterocycles. The summed E-state index contributed by atoms with van der Waals surface area (Å²) in [5, 5.41) is 3.52. The first kappa shape index (κ1) is 16.1. The van der Waals surface area contributed by atoms with Crippen molar-refractivity contribution >= 4 is 17.4 Å². The predicted octanol–water partition coefficient (Wildman–Crippen LogP) is 3.76. The van der Waals surface area contributed by atoms with Gasteiger partial charge in [-0.05, 0) is 43.9 Å². The number of hydrogen-bond donors (Lipinski definition) is 2. The van der Waals surface area contributed by atoms with Crippen LogP contribution in [-0.4, -0.2) is 22.1 Å².